The molecule has 35 heavy (non-hydrogen) atoms. The highest BCUT2D eigenvalue weighted by Gasteiger charge is 2.16. The molecule has 0 radical (unpaired) electrons. The minimum Gasteiger partial charge on any atom is -0.481 e. The lowest BCUT2D eigenvalue weighted by Crippen LogP contribution is -2.26. The number of carboxylic acid groups (broad SMARTS) is 1. The van der Waals surface area contributed by atoms with E-state index in [1.807, 2.05) is 48.7 Å². The van der Waals surface area contributed by atoms with Gasteiger partial charge in [-0.05, 0) is 61.0 Å². The van der Waals surface area contributed by atoms with E-state index in [0.717, 1.165) is 33.2 Å². The molecule has 8 heteroatoms. The van der Waals surface area contributed by atoms with Crippen molar-refractivity contribution in [2.75, 3.05) is 11.4 Å². The second-order valence-corrected chi connectivity index (χ2v) is 8.88. The Morgan fingerprint density at radius 3 is 2.34 bits per heavy atom. The molecule has 0 unspecified atom stereocenters. The summed E-state index contributed by atoms with van der Waals surface area (Å²) in [6, 6.07) is 21.6. The fourth-order valence-corrected chi connectivity index (χ4v) is 4.32. The fraction of sp³-hybridized carbons (Fsp3) is 0.148. The summed E-state index contributed by atoms with van der Waals surface area (Å²) in [7, 11) is 0. The third-order valence-electron chi connectivity index (χ3n) is 5.39. The van der Waals surface area contributed by atoms with Gasteiger partial charge in [0, 0.05) is 28.7 Å². The Balaban J connectivity index is 1.55. The highest BCUT2D eigenvalue weighted by molar-refractivity contribution is 7.14. The molecule has 1 amide bonds. The normalized spacial score (nSPS) is 10.7. The van der Waals surface area contributed by atoms with Crippen LogP contribution in [0.3, 0.4) is 0 Å². The summed E-state index contributed by atoms with van der Waals surface area (Å²) in [4.78, 5) is 29.8. The molecule has 0 atom stereocenters. The third-order valence-corrected chi connectivity index (χ3v) is 6.25. The Morgan fingerprint density at radius 1 is 1.00 bits per heavy atom. The number of rotatable bonds is 9. The van der Waals surface area contributed by atoms with Crippen LogP contribution in [0.5, 0.6) is 0 Å². The molecule has 6 nitrogen and oxygen atoms in total. The van der Waals surface area contributed by atoms with E-state index in [2.05, 4.69) is 10.2 Å². The predicted octanol–water partition coefficient (Wildman–Crippen LogP) is 5.80. The molecule has 0 fully saturated rings. The van der Waals surface area contributed by atoms with E-state index in [9.17, 15) is 14.0 Å². The number of hydrogen-bond donors (Lipinski definition) is 2. The van der Waals surface area contributed by atoms with Crippen LogP contribution in [0.1, 0.15) is 27.9 Å². The Morgan fingerprint density at radius 2 is 1.69 bits per heavy atom. The van der Waals surface area contributed by atoms with Crippen LogP contribution < -0.4 is 10.2 Å². The van der Waals surface area contributed by atoms with E-state index in [0.29, 0.717) is 12.1 Å². The first kappa shape index (κ1) is 24.1. The van der Waals surface area contributed by atoms with Crippen LogP contribution in [0.4, 0.5) is 15.2 Å². The molecule has 1 heterocycles. The van der Waals surface area contributed by atoms with Gasteiger partial charge in [-0.15, -0.1) is 11.3 Å². The van der Waals surface area contributed by atoms with Gasteiger partial charge in [0.1, 0.15) is 5.82 Å². The minimum atomic E-state index is -0.957. The summed E-state index contributed by atoms with van der Waals surface area (Å²) in [6.07, 6.45) is -0.122. The zero-order valence-electron chi connectivity index (χ0n) is 19.1. The number of amides is 1. The van der Waals surface area contributed by atoms with Gasteiger partial charge in [-0.25, -0.2) is 9.37 Å². The van der Waals surface area contributed by atoms with Crippen molar-refractivity contribution in [1.29, 1.82) is 0 Å². The molecule has 0 saturated heterocycles. The fourth-order valence-electron chi connectivity index (χ4n) is 3.46. The van der Waals surface area contributed by atoms with Crippen LogP contribution in [0, 0.1) is 12.7 Å². The van der Waals surface area contributed by atoms with Gasteiger partial charge in [0.15, 0.2) is 5.13 Å². The van der Waals surface area contributed by atoms with Crippen LogP contribution in [-0.2, 0) is 11.3 Å². The van der Waals surface area contributed by atoms with Gasteiger partial charge in [-0.2, -0.15) is 0 Å². The number of nitrogens with one attached hydrogen (secondary N) is 1. The van der Waals surface area contributed by atoms with Crippen LogP contribution in [0.25, 0.3) is 11.3 Å². The topological polar surface area (TPSA) is 82.5 Å². The largest absolute Gasteiger partial charge is 0.481 e. The molecule has 0 aliphatic carbocycles. The summed E-state index contributed by atoms with van der Waals surface area (Å²) in [5.41, 5.74) is 5.19. The molecule has 0 saturated carbocycles. The molecule has 178 valence electrons. The Kier molecular flexibility index (Phi) is 7.52. The van der Waals surface area contributed by atoms with E-state index >= 15 is 0 Å². The lowest BCUT2D eigenvalue weighted by molar-refractivity contribution is -0.136. The van der Waals surface area contributed by atoms with Gasteiger partial charge in [0.05, 0.1) is 18.7 Å². The number of aromatic nitrogens is 1. The molecule has 0 spiro atoms. The molecule has 4 aromatic rings. The van der Waals surface area contributed by atoms with Crippen molar-refractivity contribution in [2.24, 2.45) is 0 Å². The summed E-state index contributed by atoms with van der Waals surface area (Å²) in [6.45, 7) is 2.64. The van der Waals surface area contributed by atoms with Gasteiger partial charge >= 0.3 is 5.97 Å². The number of hydrogen-bond acceptors (Lipinski definition) is 5. The smallest absolute Gasteiger partial charge is 0.305 e. The highest BCUT2D eigenvalue weighted by Crippen LogP contribution is 2.33. The molecule has 0 aliphatic rings. The SMILES string of the molecule is Cc1ccc(N(Cc2ccc(C(=O)NCCC(=O)O)cc2)c2nc(-c3ccc(F)cc3)cs2)cc1. The summed E-state index contributed by atoms with van der Waals surface area (Å²) >= 11 is 1.50. The van der Waals surface area contributed by atoms with E-state index < -0.39 is 5.97 Å². The van der Waals surface area contributed by atoms with Crippen molar-refractivity contribution in [2.45, 2.75) is 19.9 Å². The molecular weight excluding hydrogens is 465 g/mol. The van der Waals surface area contributed by atoms with Gasteiger partial charge in [0.2, 0.25) is 0 Å². The summed E-state index contributed by atoms with van der Waals surface area (Å²) in [5.74, 6) is -1.55. The monoisotopic (exact) mass is 489 g/mol. The van der Waals surface area contributed by atoms with Crippen molar-refractivity contribution in [3.63, 3.8) is 0 Å². The molecule has 4 rings (SSSR count). The Labute approximate surface area is 206 Å². The molecular formula is C27H24FN3O3S. The van der Waals surface area contributed by atoms with Crippen molar-refractivity contribution in [3.8, 4) is 11.3 Å². The van der Waals surface area contributed by atoms with E-state index in [4.69, 9.17) is 10.1 Å². The van der Waals surface area contributed by atoms with E-state index in [1.165, 1.54) is 23.5 Å². The van der Waals surface area contributed by atoms with Crippen LogP contribution in [-0.4, -0.2) is 28.5 Å². The quantitative estimate of drug-likeness (QED) is 0.311. The number of halogens is 1. The zero-order valence-corrected chi connectivity index (χ0v) is 19.9. The number of nitrogens with zero attached hydrogens (tertiary/aromatic N) is 2. The van der Waals surface area contributed by atoms with E-state index in [-0.39, 0.29) is 24.7 Å². The van der Waals surface area contributed by atoms with Crippen molar-refractivity contribution < 1.29 is 19.1 Å². The first-order valence-electron chi connectivity index (χ1n) is 11.0. The average Bonchev–Trinajstić information content (AvgIpc) is 3.34. The molecule has 0 bridgehead atoms. The number of aliphatic carboxylic acids is 1. The molecule has 0 aliphatic heterocycles. The molecule has 2 N–H and O–H groups in total. The predicted molar refractivity (Wildman–Crippen MR) is 136 cm³/mol. The van der Waals surface area contributed by atoms with Crippen LogP contribution in [0.2, 0.25) is 0 Å². The van der Waals surface area contributed by atoms with Crippen LogP contribution >= 0.6 is 11.3 Å². The lowest BCUT2D eigenvalue weighted by Gasteiger charge is -2.22. The third kappa shape index (κ3) is 6.30. The number of anilines is 2. The van der Waals surface area contributed by atoms with Gasteiger partial charge in [-0.3, -0.25) is 9.59 Å². The van der Waals surface area contributed by atoms with Crippen molar-refractivity contribution in [1.82, 2.24) is 10.3 Å². The van der Waals surface area contributed by atoms with Gasteiger partial charge in [-0.1, -0.05) is 29.8 Å². The highest BCUT2D eigenvalue weighted by atomic mass is 32.1. The minimum absolute atomic E-state index is 0.0809. The number of benzene rings is 3. The number of aryl methyl sites for hydroxylation is 1. The average molecular weight is 490 g/mol. The van der Waals surface area contributed by atoms with Crippen molar-refractivity contribution in [3.05, 3.63) is 101 Å². The zero-order chi connectivity index (χ0) is 24.8. The maximum absolute atomic E-state index is 13.3. The van der Waals surface area contributed by atoms with E-state index in [1.54, 1.807) is 24.3 Å². The number of carboxylic acids is 1. The summed E-state index contributed by atoms with van der Waals surface area (Å²) < 4.78 is 13.3. The first-order chi connectivity index (χ1) is 16.9. The Hall–Kier alpha value is -4.04. The second kappa shape index (κ2) is 10.9. The Bertz CT molecular complexity index is 1300. The molecule has 1 aromatic heterocycles. The lowest BCUT2D eigenvalue weighted by atomic mass is 10.1. The standard InChI is InChI=1S/C27H24FN3O3S/c1-18-2-12-23(13-3-18)31(27-30-24(17-35-27)20-8-10-22(28)11-9-20)16-19-4-6-21(7-5-19)26(34)29-15-14-25(32)33/h2-13,17H,14-16H2,1H3,(H,29,34)(H,32,33). The maximum Gasteiger partial charge on any atom is 0.305 e. The van der Waals surface area contributed by atoms with Gasteiger partial charge in [0.25, 0.3) is 5.91 Å². The first-order valence-corrected chi connectivity index (χ1v) is 11.9. The number of carbonyl (C=O) groups is 2. The van der Waals surface area contributed by atoms with Gasteiger partial charge < -0.3 is 15.3 Å². The molecule has 3 aromatic carbocycles. The summed E-state index contributed by atoms with van der Waals surface area (Å²) in [5, 5.41) is 14.1. The maximum atomic E-state index is 13.3. The number of thiazole rings is 1. The van der Waals surface area contributed by atoms with Crippen LogP contribution in [0.15, 0.2) is 78.2 Å². The van der Waals surface area contributed by atoms with Crippen molar-refractivity contribution >= 4 is 34.0 Å². The second-order valence-electron chi connectivity index (χ2n) is 8.04. The number of carbonyl (C=O) groups excluding carboxylic acids is 1.